The Kier molecular flexibility index (Phi) is 6.86. The van der Waals surface area contributed by atoms with Crippen LogP contribution in [0.4, 0.5) is 29.5 Å². The minimum atomic E-state index is -4.39. The van der Waals surface area contributed by atoms with Gasteiger partial charge in [0, 0.05) is 56.9 Å². The lowest BCUT2D eigenvalue weighted by Crippen LogP contribution is -2.50. The maximum atomic E-state index is 13.5. The van der Waals surface area contributed by atoms with Crippen LogP contribution < -0.4 is 9.62 Å². The van der Waals surface area contributed by atoms with Gasteiger partial charge in [-0.1, -0.05) is 18.0 Å². The van der Waals surface area contributed by atoms with Crippen LogP contribution in [-0.2, 0) is 17.5 Å². The fourth-order valence-electron chi connectivity index (χ4n) is 5.21. The molecule has 0 spiro atoms. The van der Waals surface area contributed by atoms with E-state index in [1.165, 1.54) is 28.8 Å². The van der Waals surface area contributed by atoms with Crippen LogP contribution >= 0.6 is 11.9 Å². The van der Waals surface area contributed by atoms with E-state index in [0.717, 1.165) is 18.4 Å². The summed E-state index contributed by atoms with van der Waals surface area (Å²) >= 11 is 1.40. The summed E-state index contributed by atoms with van der Waals surface area (Å²) in [5.74, 6) is 0.622. The van der Waals surface area contributed by atoms with Gasteiger partial charge in [0.1, 0.15) is 0 Å². The van der Waals surface area contributed by atoms with Crippen LogP contribution in [0.2, 0.25) is 0 Å². The first-order valence-electron chi connectivity index (χ1n) is 11.8. The Labute approximate surface area is 206 Å². The molecule has 1 aromatic carbocycles. The minimum Gasteiger partial charge on any atom is -0.377 e. The van der Waals surface area contributed by atoms with E-state index in [2.05, 4.69) is 19.6 Å². The van der Waals surface area contributed by atoms with Crippen molar-refractivity contribution in [2.75, 3.05) is 55.3 Å². The number of nitrogens with one attached hydrogen (secondary N) is 1. The zero-order valence-electron chi connectivity index (χ0n) is 19.5. The number of amides is 1. The molecule has 3 aliphatic heterocycles. The molecule has 3 aliphatic rings. The minimum absolute atomic E-state index is 0.116. The summed E-state index contributed by atoms with van der Waals surface area (Å²) in [6.07, 6.45) is 0.998. The predicted octanol–water partition coefficient (Wildman–Crippen LogP) is 3.75. The largest absolute Gasteiger partial charge is 0.416 e. The second kappa shape index (κ2) is 9.90. The van der Waals surface area contributed by atoms with Crippen molar-refractivity contribution in [2.24, 2.45) is 0 Å². The molecule has 0 radical (unpaired) electrons. The monoisotopic (exact) mass is 510 g/mol. The average Bonchev–Trinajstić information content (AvgIpc) is 3.40. The SMILES string of the molecule is CSNc1ccn(C(=O)N2CCN(Cc3ccc(C(F)(F)F)cc3N3C4CCC3COC4)CC2)n1. The molecular weight excluding hydrogens is 481 g/mol. The second-order valence-corrected chi connectivity index (χ2v) is 9.78. The van der Waals surface area contributed by atoms with Gasteiger partial charge < -0.3 is 19.3 Å². The molecule has 1 aromatic heterocycles. The van der Waals surface area contributed by atoms with Gasteiger partial charge in [-0.05, 0) is 30.5 Å². The number of halogens is 3. The van der Waals surface area contributed by atoms with E-state index in [1.54, 1.807) is 23.2 Å². The highest BCUT2D eigenvalue weighted by molar-refractivity contribution is 7.99. The van der Waals surface area contributed by atoms with Gasteiger partial charge in [-0.25, -0.2) is 4.79 Å². The molecule has 2 unspecified atom stereocenters. The Bertz CT molecular complexity index is 1040. The Hall–Kier alpha value is -2.44. The molecular formula is C23H29F3N6O2S. The number of nitrogens with zero attached hydrogens (tertiary/aromatic N) is 5. The highest BCUT2D eigenvalue weighted by atomic mass is 32.2. The van der Waals surface area contributed by atoms with E-state index >= 15 is 0 Å². The van der Waals surface area contributed by atoms with E-state index in [0.29, 0.717) is 57.4 Å². The number of hydrogen-bond acceptors (Lipinski definition) is 7. The molecule has 3 fully saturated rings. The van der Waals surface area contributed by atoms with Crippen LogP contribution in [0, 0.1) is 0 Å². The Morgan fingerprint density at radius 1 is 1.14 bits per heavy atom. The van der Waals surface area contributed by atoms with Gasteiger partial charge in [-0.15, -0.1) is 5.10 Å². The lowest BCUT2D eigenvalue weighted by molar-refractivity contribution is -0.137. The van der Waals surface area contributed by atoms with Crippen molar-refractivity contribution in [3.8, 4) is 0 Å². The third-order valence-corrected chi connectivity index (χ3v) is 7.37. The van der Waals surface area contributed by atoms with Crippen LogP contribution in [0.15, 0.2) is 30.5 Å². The molecule has 2 aromatic rings. The molecule has 5 rings (SSSR count). The van der Waals surface area contributed by atoms with Gasteiger partial charge in [0.05, 0.1) is 30.9 Å². The van der Waals surface area contributed by atoms with Gasteiger partial charge in [0.25, 0.3) is 0 Å². The molecule has 0 aliphatic carbocycles. The topological polar surface area (TPSA) is 65.9 Å². The Balaban J connectivity index is 1.28. The molecule has 3 saturated heterocycles. The summed E-state index contributed by atoms with van der Waals surface area (Å²) in [6.45, 7) is 3.98. The highest BCUT2D eigenvalue weighted by Gasteiger charge is 2.40. The summed E-state index contributed by atoms with van der Waals surface area (Å²) in [7, 11) is 0. The number of hydrogen-bond donors (Lipinski definition) is 1. The Morgan fingerprint density at radius 3 is 2.51 bits per heavy atom. The van der Waals surface area contributed by atoms with Crippen molar-refractivity contribution in [2.45, 2.75) is 37.6 Å². The maximum Gasteiger partial charge on any atom is 0.416 e. The van der Waals surface area contributed by atoms with Crippen molar-refractivity contribution in [3.63, 3.8) is 0 Å². The van der Waals surface area contributed by atoms with Crippen molar-refractivity contribution >= 4 is 29.5 Å². The fraction of sp³-hybridized carbons (Fsp3) is 0.565. The van der Waals surface area contributed by atoms with Crippen molar-refractivity contribution < 1.29 is 22.7 Å². The first-order chi connectivity index (χ1) is 16.8. The summed E-state index contributed by atoms with van der Waals surface area (Å²) in [5, 5.41) is 4.25. The third-order valence-electron chi connectivity index (χ3n) is 6.96. The molecule has 8 nitrogen and oxygen atoms in total. The standard InChI is InChI=1S/C23H29F3N6O2S/c1-35-28-21-6-7-31(27-21)22(33)30-10-8-29(9-11-30)13-16-2-3-17(23(24,25)26)12-20(16)32-18-4-5-19(32)15-34-14-18/h2-3,6-7,12,18-19H,4-5,8-11,13-15H2,1H3,(H,27,28). The molecule has 0 saturated carbocycles. The molecule has 4 heterocycles. The smallest absolute Gasteiger partial charge is 0.377 e. The van der Waals surface area contributed by atoms with E-state index in [-0.39, 0.29) is 18.1 Å². The number of aromatic nitrogens is 2. The van der Waals surface area contributed by atoms with Gasteiger partial charge in [0.15, 0.2) is 5.82 Å². The number of piperazine rings is 1. The summed E-state index contributed by atoms with van der Waals surface area (Å²) < 4.78 is 50.6. The lowest BCUT2D eigenvalue weighted by Gasteiger charge is -2.39. The maximum absolute atomic E-state index is 13.5. The zero-order valence-corrected chi connectivity index (χ0v) is 20.3. The lowest BCUT2D eigenvalue weighted by atomic mass is 10.0. The zero-order chi connectivity index (χ0) is 24.6. The first-order valence-corrected chi connectivity index (χ1v) is 13.0. The normalized spacial score (nSPS) is 23.1. The number of rotatable bonds is 5. The van der Waals surface area contributed by atoms with E-state index in [4.69, 9.17) is 4.74 Å². The Morgan fingerprint density at radius 2 is 1.86 bits per heavy atom. The molecule has 1 N–H and O–H groups in total. The van der Waals surface area contributed by atoms with Gasteiger partial charge in [0.2, 0.25) is 0 Å². The molecule has 190 valence electrons. The van der Waals surface area contributed by atoms with E-state index in [1.807, 2.05) is 6.26 Å². The number of carbonyl (C=O) groups is 1. The van der Waals surface area contributed by atoms with Crippen molar-refractivity contribution in [1.29, 1.82) is 0 Å². The number of anilines is 2. The quantitative estimate of drug-likeness (QED) is 0.615. The van der Waals surface area contributed by atoms with E-state index < -0.39 is 11.7 Å². The summed E-state index contributed by atoms with van der Waals surface area (Å²) in [6, 6.07) is 5.90. The highest BCUT2D eigenvalue weighted by Crippen LogP contribution is 2.40. The van der Waals surface area contributed by atoms with Crippen LogP contribution in [-0.4, -0.2) is 83.3 Å². The van der Waals surface area contributed by atoms with Crippen molar-refractivity contribution in [3.05, 3.63) is 41.6 Å². The summed E-state index contributed by atoms with van der Waals surface area (Å²) in [5.41, 5.74) is 0.933. The van der Waals surface area contributed by atoms with Crippen LogP contribution in [0.5, 0.6) is 0 Å². The molecule has 2 atom stereocenters. The van der Waals surface area contributed by atoms with Crippen LogP contribution in [0.25, 0.3) is 0 Å². The number of benzene rings is 1. The van der Waals surface area contributed by atoms with Gasteiger partial charge >= 0.3 is 12.2 Å². The summed E-state index contributed by atoms with van der Waals surface area (Å²) in [4.78, 5) is 18.9. The van der Waals surface area contributed by atoms with Crippen LogP contribution in [0.3, 0.4) is 0 Å². The van der Waals surface area contributed by atoms with E-state index in [9.17, 15) is 18.0 Å². The van der Waals surface area contributed by atoms with Crippen LogP contribution in [0.1, 0.15) is 24.0 Å². The second-order valence-electron chi connectivity index (χ2n) is 9.17. The third kappa shape index (κ3) is 5.10. The molecule has 2 bridgehead atoms. The predicted molar refractivity (Wildman–Crippen MR) is 129 cm³/mol. The first kappa shape index (κ1) is 24.3. The molecule has 1 amide bonds. The number of alkyl halides is 3. The van der Waals surface area contributed by atoms with Crippen molar-refractivity contribution in [1.82, 2.24) is 19.6 Å². The number of ether oxygens (including phenoxy) is 1. The number of carbonyl (C=O) groups excluding carboxylic acids is 1. The van der Waals surface area contributed by atoms with Gasteiger partial charge in [-0.2, -0.15) is 17.9 Å². The fourth-order valence-corrected chi connectivity index (χ4v) is 5.53. The molecule has 12 heteroatoms. The average molecular weight is 511 g/mol. The van der Waals surface area contributed by atoms with Gasteiger partial charge in [-0.3, -0.25) is 4.90 Å². The number of morpholine rings is 1. The molecule has 35 heavy (non-hydrogen) atoms. The number of fused-ring (bicyclic) bond motifs is 2.